The first-order valence-corrected chi connectivity index (χ1v) is 19.0. The predicted molar refractivity (Wildman–Crippen MR) is 227 cm³/mol. The molecule has 0 spiro atoms. The SMILES string of the molecule is c1ccc(-c2cc(-c3ccc4c(c3)-c3ccccc3C4c3ccccc3)c3oc4cccc(-c5nc(-c6ccccc6)nc(-c6ccccc6)n5)c4c3c2)cc1. The van der Waals surface area contributed by atoms with Crippen molar-refractivity contribution in [1.82, 2.24) is 15.0 Å². The third-order valence-corrected chi connectivity index (χ3v) is 11.0. The second-order valence-electron chi connectivity index (χ2n) is 14.3. The van der Waals surface area contributed by atoms with E-state index in [9.17, 15) is 0 Å². The molecule has 0 saturated heterocycles. The van der Waals surface area contributed by atoms with E-state index in [1.54, 1.807) is 0 Å². The lowest BCUT2D eigenvalue weighted by Crippen LogP contribution is -2.00. The molecule has 262 valence electrons. The van der Waals surface area contributed by atoms with Gasteiger partial charge < -0.3 is 4.42 Å². The van der Waals surface area contributed by atoms with Gasteiger partial charge in [0.2, 0.25) is 0 Å². The van der Waals surface area contributed by atoms with E-state index in [-0.39, 0.29) is 5.92 Å². The zero-order valence-corrected chi connectivity index (χ0v) is 30.3. The van der Waals surface area contributed by atoms with Crippen molar-refractivity contribution in [2.45, 2.75) is 5.92 Å². The Kier molecular flexibility index (Phi) is 7.52. The molecule has 4 nitrogen and oxygen atoms in total. The van der Waals surface area contributed by atoms with Crippen LogP contribution in [0.3, 0.4) is 0 Å². The number of fused-ring (bicyclic) bond motifs is 6. The van der Waals surface area contributed by atoms with Crippen molar-refractivity contribution in [1.29, 1.82) is 0 Å². The van der Waals surface area contributed by atoms with Gasteiger partial charge >= 0.3 is 0 Å². The minimum Gasteiger partial charge on any atom is -0.455 e. The Labute approximate surface area is 324 Å². The summed E-state index contributed by atoms with van der Waals surface area (Å²) in [7, 11) is 0. The van der Waals surface area contributed by atoms with Crippen molar-refractivity contribution >= 4 is 21.9 Å². The van der Waals surface area contributed by atoms with Gasteiger partial charge in [-0.15, -0.1) is 0 Å². The molecule has 0 saturated carbocycles. The molecular weight excluding hydrogens is 683 g/mol. The average molecular weight is 716 g/mol. The molecule has 2 heterocycles. The zero-order chi connectivity index (χ0) is 37.0. The van der Waals surface area contributed by atoms with E-state index in [1.807, 2.05) is 72.8 Å². The normalized spacial score (nSPS) is 13.2. The molecule has 1 atom stereocenters. The van der Waals surface area contributed by atoms with Gasteiger partial charge in [0.25, 0.3) is 0 Å². The molecule has 10 aromatic rings. The average Bonchev–Trinajstić information content (AvgIpc) is 3.83. The highest BCUT2D eigenvalue weighted by Crippen LogP contribution is 2.50. The Balaban J connectivity index is 1.15. The summed E-state index contributed by atoms with van der Waals surface area (Å²) in [6.07, 6.45) is 0. The number of aromatic nitrogens is 3. The van der Waals surface area contributed by atoms with Crippen LogP contribution in [-0.4, -0.2) is 15.0 Å². The molecule has 1 unspecified atom stereocenters. The summed E-state index contributed by atoms with van der Waals surface area (Å²) in [5.41, 5.74) is 15.2. The fourth-order valence-corrected chi connectivity index (χ4v) is 8.43. The van der Waals surface area contributed by atoms with Crippen molar-refractivity contribution in [2.24, 2.45) is 0 Å². The second kappa shape index (κ2) is 13.2. The number of nitrogens with zero attached hydrogens (tertiary/aromatic N) is 3. The summed E-state index contributed by atoms with van der Waals surface area (Å²) in [4.78, 5) is 15.2. The van der Waals surface area contributed by atoms with E-state index in [4.69, 9.17) is 19.4 Å². The summed E-state index contributed by atoms with van der Waals surface area (Å²) in [6.45, 7) is 0. The van der Waals surface area contributed by atoms with Gasteiger partial charge in [-0.1, -0.05) is 170 Å². The molecule has 0 radical (unpaired) electrons. The van der Waals surface area contributed by atoms with Crippen molar-refractivity contribution in [3.05, 3.63) is 211 Å². The van der Waals surface area contributed by atoms with E-state index in [1.165, 1.54) is 27.8 Å². The molecule has 11 rings (SSSR count). The minimum absolute atomic E-state index is 0.183. The van der Waals surface area contributed by atoms with Crippen LogP contribution in [0.25, 0.3) is 89.5 Å². The Hall–Kier alpha value is -7.43. The molecule has 1 aliphatic carbocycles. The molecule has 0 fully saturated rings. The van der Waals surface area contributed by atoms with E-state index >= 15 is 0 Å². The van der Waals surface area contributed by atoms with Gasteiger partial charge in [-0.2, -0.15) is 0 Å². The first-order chi connectivity index (χ1) is 27.8. The summed E-state index contributed by atoms with van der Waals surface area (Å²) >= 11 is 0. The van der Waals surface area contributed by atoms with E-state index in [2.05, 4.69) is 121 Å². The third-order valence-electron chi connectivity index (χ3n) is 11.0. The quantitative estimate of drug-likeness (QED) is 0.172. The van der Waals surface area contributed by atoms with Gasteiger partial charge in [0.05, 0.1) is 0 Å². The summed E-state index contributed by atoms with van der Waals surface area (Å²) in [5.74, 6) is 2.02. The van der Waals surface area contributed by atoms with E-state index in [0.29, 0.717) is 17.5 Å². The van der Waals surface area contributed by atoms with Crippen molar-refractivity contribution < 1.29 is 4.42 Å². The summed E-state index contributed by atoms with van der Waals surface area (Å²) < 4.78 is 6.93. The maximum atomic E-state index is 6.93. The lowest BCUT2D eigenvalue weighted by molar-refractivity contribution is 0.670. The molecule has 1 aliphatic rings. The summed E-state index contributed by atoms with van der Waals surface area (Å²) in [6, 6.07) is 68.1. The molecule has 56 heavy (non-hydrogen) atoms. The molecule has 2 aromatic heterocycles. The third kappa shape index (κ3) is 5.34. The predicted octanol–water partition coefficient (Wildman–Crippen LogP) is 13.3. The smallest absolute Gasteiger partial charge is 0.164 e. The number of rotatable bonds is 6. The van der Waals surface area contributed by atoms with Crippen LogP contribution >= 0.6 is 0 Å². The van der Waals surface area contributed by atoms with Gasteiger partial charge in [0, 0.05) is 38.9 Å². The van der Waals surface area contributed by atoms with E-state index in [0.717, 1.165) is 60.9 Å². The standard InChI is InChI=1S/C52H33N3O/c1-5-16-33(17-6-1)38-31-43(37-28-29-41-44(30-37)39-24-13-14-25-40(39)47(41)34-18-7-2-8-19-34)49-45(32-38)48-42(26-15-27-46(48)56-49)52-54-50(35-20-9-3-10-21-35)53-51(55-52)36-22-11-4-12-23-36/h1-32,47H. The van der Waals surface area contributed by atoms with Gasteiger partial charge in [-0.25, -0.2) is 15.0 Å². The van der Waals surface area contributed by atoms with Crippen LogP contribution in [0.2, 0.25) is 0 Å². The zero-order valence-electron chi connectivity index (χ0n) is 30.3. The van der Waals surface area contributed by atoms with Crippen LogP contribution in [0.4, 0.5) is 0 Å². The van der Waals surface area contributed by atoms with Crippen LogP contribution < -0.4 is 0 Å². The Morgan fingerprint density at radius 3 is 1.61 bits per heavy atom. The van der Waals surface area contributed by atoms with Gasteiger partial charge in [-0.3, -0.25) is 0 Å². The van der Waals surface area contributed by atoms with Gasteiger partial charge in [-0.05, 0) is 68.8 Å². The Morgan fingerprint density at radius 2 is 0.911 bits per heavy atom. The molecule has 8 aromatic carbocycles. The number of furan rings is 1. The lowest BCUT2D eigenvalue weighted by Gasteiger charge is -2.15. The Bertz CT molecular complexity index is 3010. The van der Waals surface area contributed by atoms with Crippen LogP contribution in [0, 0.1) is 0 Å². The molecule has 0 bridgehead atoms. The lowest BCUT2D eigenvalue weighted by atomic mass is 9.88. The largest absolute Gasteiger partial charge is 0.455 e. The van der Waals surface area contributed by atoms with Crippen LogP contribution in [0.1, 0.15) is 22.6 Å². The molecular formula is C52H33N3O. The number of hydrogen-bond donors (Lipinski definition) is 0. The highest BCUT2D eigenvalue weighted by atomic mass is 16.3. The van der Waals surface area contributed by atoms with Crippen molar-refractivity contribution in [2.75, 3.05) is 0 Å². The highest BCUT2D eigenvalue weighted by molar-refractivity contribution is 6.16. The maximum absolute atomic E-state index is 6.93. The Morgan fingerprint density at radius 1 is 0.357 bits per heavy atom. The second-order valence-corrected chi connectivity index (χ2v) is 14.3. The van der Waals surface area contributed by atoms with Gasteiger partial charge in [0.1, 0.15) is 11.2 Å². The molecule has 4 heteroatoms. The first-order valence-electron chi connectivity index (χ1n) is 19.0. The van der Waals surface area contributed by atoms with Crippen LogP contribution in [-0.2, 0) is 0 Å². The van der Waals surface area contributed by atoms with Gasteiger partial charge in [0.15, 0.2) is 17.5 Å². The monoisotopic (exact) mass is 715 g/mol. The van der Waals surface area contributed by atoms with Crippen molar-refractivity contribution in [3.63, 3.8) is 0 Å². The van der Waals surface area contributed by atoms with E-state index < -0.39 is 0 Å². The fourth-order valence-electron chi connectivity index (χ4n) is 8.43. The molecule has 0 N–H and O–H groups in total. The highest BCUT2D eigenvalue weighted by Gasteiger charge is 2.30. The van der Waals surface area contributed by atoms with Crippen LogP contribution in [0.5, 0.6) is 0 Å². The fraction of sp³-hybridized carbons (Fsp3) is 0.0192. The maximum Gasteiger partial charge on any atom is 0.164 e. The van der Waals surface area contributed by atoms with Crippen LogP contribution in [0.15, 0.2) is 199 Å². The summed E-state index contributed by atoms with van der Waals surface area (Å²) in [5, 5.41) is 1.99. The van der Waals surface area contributed by atoms with Crippen molar-refractivity contribution in [3.8, 4) is 67.5 Å². The molecule has 0 aliphatic heterocycles. The molecule has 0 amide bonds. The first kappa shape index (κ1) is 32.0. The number of benzene rings is 8. The number of hydrogen-bond acceptors (Lipinski definition) is 4. The topological polar surface area (TPSA) is 51.8 Å². The minimum atomic E-state index is 0.183.